The van der Waals surface area contributed by atoms with E-state index < -0.39 is 16.6 Å². The van der Waals surface area contributed by atoms with Crippen LogP contribution in [0.5, 0.6) is 0 Å². The van der Waals surface area contributed by atoms with Gasteiger partial charge in [-0.2, -0.15) is 0 Å². The molecular formula is C29H38N2O4. The highest BCUT2D eigenvalue weighted by molar-refractivity contribution is 5.87. The lowest BCUT2D eigenvalue weighted by atomic mass is 9.80. The summed E-state index contributed by atoms with van der Waals surface area (Å²) in [4.78, 5) is 27.7. The summed E-state index contributed by atoms with van der Waals surface area (Å²) in [7, 11) is 0. The maximum Gasteiger partial charge on any atom is 0.411 e. The Morgan fingerprint density at radius 3 is 2.29 bits per heavy atom. The summed E-state index contributed by atoms with van der Waals surface area (Å²) < 4.78 is 6.12. The number of benzene rings is 2. The summed E-state index contributed by atoms with van der Waals surface area (Å²) in [6, 6.07) is 17.8. The molecule has 188 valence electrons. The van der Waals surface area contributed by atoms with Crippen LogP contribution in [0.25, 0.3) is 0 Å². The molecule has 2 aliphatic rings. The number of cyclic esters (lactones) is 1. The number of nitrogens with one attached hydrogen (secondary N) is 1. The van der Waals surface area contributed by atoms with Crippen molar-refractivity contribution in [3.8, 4) is 0 Å². The molecule has 4 rings (SSSR count). The van der Waals surface area contributed by atoms with Crippen LogP contribution in [0.4, 0.5) is 4.79 Å². The zero-order valence-corrected chi connectivity index (χ0v) is 21.5. The number of nitrogens with zero attached hydrogens (tertiary/aromatic N) is 1. The summed E-state index contributed by atoms with van der Waals surface area (Å²) in [5, 5.41) is 13.7. The molecule has 2 aromatic rings. The number of carbonyl (C=O) groups excluding carboxylic acids is 2. The van der Waals surface area contributed by atoms with Crippen molar-refractivity contribution in [2.45, 2.75) is 89.0 Å². The van der Waals surface area contributed by atoms with Gasteiger partial charge in [-0.1, -0.05) is 54.6 Å². The van der Waals surface area contributed by atoms with Gasteiger partial charge in [-0.3, -0.25) is 4.79 Å². The minimum atomic E-state index is -0.988. The maximum atomic E-state index is 13.3. The molecule has 6 nitrogen and oxygen atoms in total. The van der Waals surface area contributed by atoms with Crippen LogP contribution in [0.3, 0.4) is 0 Å². The van der Waals surface area contributed by atoms with Crippen LogP contribution in [0.15, 0.2) is 54.6 Å². The van der Waals surface area contributed by atoms with Gasteiger partial charge in [-0.25, -0.2) is 4.79 Å². The van der Waals surface area contributed by atoms with E-state index in [9.17, 15) is 14.7 Å². The van der Waals surface area contributed by atoms with Gasteiger partial charge in [0.1, 0.15) is 5.60 Å². The second-order valence-electron chi connectivity index (χ2n) is 11.3. The molecule has 2 fully saturated rings. The van der Waals surface area contributed by atoms with Crippen molar-refractivity contribution in [2.24, 2.45) is 0 Å². The standard InChI is InChI=1S/C29H38N2O4/c1-20(21-11-13-22(14-12-21)28(4,5)25(32)30-24-15-16-24)31-18-17-29(35-26(31)33,19-27(2,3)34)23-9-7-6-8-10-23/h6-14,20,24,34H,15-19H2,1-5H3,(H,30,32)/t20-,29-/m0/s1. The molecule has 2 amide bonds. The smallest absolute Gasteiger partial charge is 0.411 e. The molecule has 1 heterocycles. The number of ether oxygens (including phenoxy) is 1. The fourth-order valence-electron chi connectivity index (χ4n) is 4.97. The summed E-state index contributed by atoms with van der Waals surface area (Å²) in [6.45, 7) is 9.88. The molecule has 1 saturated heterocycles. The molecule has 2 aromatic carbocycles. The van der Waals surface area contributed by atoms with Gasteiger partial charge in [-0.05, 0) is 64.2 Å². The average Bonchev–Trinajstić information content (AvgIpc) is 3.62. The molecule has 2 atom stereocenters. The van der Waals surface area contributed by atoms with E-state index >= 15 is 0 Å². The van der Waals surface area contributed by atoms with Crippen LogP contribution in [-0.4, -0.2) is 40.2 Å². The van der Waals surface area contributed by atoms with Crippen molar-refractivity contribution < 1.29 is 19.4 Å². The maximum absolute atomic E-state index is 13.3. The molecule has 1 saturated carbocycles. The number of rotatable bonds is 8. The largest absolute Gasteiger partial charge is 0.438 e. The first kappa shape index (κ1) is 25.2. The van der Waals surface area contributed by atoms with Crippen molar-refractivity contribution in [2.75, 3.05) is 6.54 Å². The molecule has 0 spiro atoms. The lowest BCUT2D eigenvalue weighted by Gasteiger charge is -2.45. The van der Waals surface area contributed by atoms with Crippen molar-refractivity contribution in [3.05, 3.63) is 71.3 Å². The zero-order valence-electron chi connectivity index (χ0n) is 21.5. The SMILES string of the molecule is C[C@@H](c1ccc(C(C)(C)C(=O)NC2CC2)cc1)N1CC[C@](CC(C)(C)O)(c2ccccc2)OC1=O. The predicted molar refractivity (Wildman–Crippen MR) is 136 cm³/mol. The third-order valence-electron chi connectivity index (χ3n) is 7.35. The Hall–Kier alpha value is -2.86. The van der Waals surface area contributed by atoms with Gasteiger partial charge in [0.05, 0.1) is 17.1 Å². The fraction of sp³-hybridized carbons (Fsp3) is 0.517. The normalized spacial score (nSPS) is 21.9. The van der Waals surface area contributed by atoms with E-state index in [4.69, 9.17) is 4.74 Å². The molecule has 0 radical (unpaired) electrons. The summed E-state index contributed by atoms with van der Waals surface area (Å²) in [5.74, 6) is 0.0458. The molecule has 1 aliphatic heterocycles. The van der Waals surface area contributed by atoms with Crippen LogP contribution in [0.1, 0.15) is 83.0 Å². The lowest BCUT2D eigenvalue weighted by molar-refractivity contribution is -0.125. The van der Waals surface area contributed by atoms with Crippen molar-refractivity contribution in [1.82, 2.24) is 10.2 Å². The Kier molecular flexibility index (Phi) is 6.71. The second-order valence-corrected chi connectivity index (χ2v) is 11.3. The third kappa shape index (κ3) is 5.53. The Morgan fingerprint density at radius 1 is 1.11 bits per heavy atom. The van der Waals surface area contributed by atoms with Gasteiger partial charge < -0.3 is 20.1 Å². The van der Waals surface area contributed by atoms with E-state index in [0.29, 0.717) is 25.4 Å². The minimum absolute atomic E-state index is 0.0458. The zero-order chi connectivity index (χ0) is 25.4. The van der Waals surface area contributed by atoms with Crippen LogP contribution < -0.4 is 5.32 Å². The van der Waals surface area contributed by atoms with E-state index in [-0.39, 0.29) is 18.0 Å². The molecule has 1 aliphatic carbocycles. The average molecular weight is 479 g/mol. The molecule has 0 unspecified atom stereocenters. The highest BCUT2D eigenvalue weighted by Crippen LogP contribution is 2.42. The lowest BCUT2D eigenvalue weighted by Crippen LogP contribution is -2.51. The minimum Gasteiger partial charge on any atom is -0.438 e. The van der Waals surface area contributed by atoms with Gasteiger partial charge >= 0.3 is 6.09 Å². The van der Waals surface area contributed by atoms with Gasteiger partial charge in [0.25, 0.3) is 0 Å². The van der Waals surface area contributed by atoms with E-state index in [1.165, 1.54) is 0 Å². The van der Waals surface area contributed by atoms with E-state index in [1.807, 2.05) is 75.4 Å². The summed E-state index contributed by atoms with van der Waals surface area (Å²) in [5.41, 5.74) is 0.355. The Labute approximate surface area is 208 Å². The van der Waals surface area contributed by atoms with Gasteiger partial charge in [-0.15, -0.1) is 0 Å². The Bertz CT molecular complexity index is 1050. The van der Waals surface area contributed by atoms with Gasteiger partial charge in [0.15, 0.2) is 0 Å². The quantitative estimate of drug-likeness (QED) is 0.546. The van der Waals surface area contributed by atoms with Crippen LogP contribution in [0.2, 0.25) is 0 Å². The van der Waals surface area contributed by atoms with Gasteiger partial charge in [0.2, 0.25) is 5.91 Å². The van der Waals surface area contributed by atoms with Crippen LogP contribution in [-0.2, 0) is 20.5 Å². The first-order valence-corrected chi connectivity index (χ1v) is 12.6. The summed E-state index contributed by atoms with van der Waals surface area (Å²) >= 11 is 0. The highest BCUT2D eigenvalue weighted by atomic mass is 16.6. The molecule has 0 aromatic heterocycles. The Balaban J connectivity index is 1.49. The molecule has 2 N–H and O–H groups in total. The number of hydrogen-bond acceptors (Lipinski definition) is 4. The number of aliphatic hydroxyl groups is 1. The molecule has 35 heavy (non-hydrogen) atoms. The fourth-order valence-corrected chi connectivity index (χ4v) is 4.97. The number of hydrogen-bond donors (Lipinski definition) is 2. The third-order valence-corrected chi connectivity index (χ3v) is 7.35. The first-order valence-electron chi connectivity index (χ1n) is 12.6. The van der Waals surface area contributed by atoms with E-state index in [2.05, 4.69) is 5.32 Å². The molecule has 0 bridgehead atoms. The monoisotopic (exact) mass is 478 g/mol. The second kappa shape index (κ2) is 9.30. The summed E-state index contributed by atoms with van der Waals surface area (Å²) in [6.07, 6.45) is 2.65. The van der Waals surface area contributed by atoms with Crippen molar-refractivity contribution >= 4 is 12.0 Å². The van der Waals surface area contributed by atoms with Gasteiger partial charge in [0, 0.05) is 25.4 Å². The topological polar surface area (TPSA) is 78.9 Å². The predicted octanol–water partition coefficient (Wildman–Crippen LogP) is 5.20. The van der Waals surface area contributed by atoms with Crippen molar-refractivity contribution in [1.29, 1.82) is 0 Å². The molecular weight excluding hydrogens is 440 g/mol. The van der Waals surface area contributed by atoms with E-state index in [1.54, 1.807) is 18.7 Å². The van der Waals surface area contributed by atoms with Crippen LogP contribution in [0, 0.1) is 0 Å². The first-order chi connectivity index (χ1) is 16.4. The number of carbonyl (C=O) groups is 2. The molecule has 6 heteroatoms. The highest BCUT2D eigenvalue weighted by Gasteiger charge is 2.46. The Morgan fingerprint density at radius 2 is 1.74 bits per heavy atom. The number of amides is 2. The van der Waals surface area contributed by atoms with Crippen molar-refractivity contribution in [3.63, 3.8) is 0 Å². The van der Waals surface area contributed by atoms with E-state index in [0.717, 1.165) is 29.5 Å². The van der Waals surface area contributed by atoms with Crippen LogP contribution >= 0.6 is 0 Å².